The maximum Gasteiger partial charge on any atom is 0.317 e. The molecule has 20 heavy (non-hydrogen) atoms. The second kappa shape index (κ2) is 5.57. The standard InChI is InChI=1S/C17H25NO2/c1-13-6-5-7-14(12-13)17(8-10-18-11-9-17)15(19)20-16(2,3)4/h5-7,12,18H,8-11H2,1-4H3. The fourth-order valence-electron chi connectivity index (χ4n) is 2.78. The van der Waals surface area contributed by atoms with Crippen molar-refractivity contribution >= 4 is 5.97 Å². The molecular weight excluding hydrogens is 250 g/mol. The van der Waals surface area contributed by atoms with Crippen LogP contribution >= 0.6 is 0 Å². The van der Waals surface area contributed by atoms with E-state index in [1.165, 1.54) is 5.56 Å². The van der Waals surface area contributed by atoms with Crippen molar-refractivity contribution < 1.29 is 9.53 Å². The average Bonchev–Trinajstić information content (AvgIpc) is 2.37. The fourth-order valence-corrected chi connectivity index (χ4v) is 2.78. The van der Waals surface area contributed by atoms with Crippen LogP contribution in [0.5, 0.6) is 0 Å². The van der Waals surface area contributed by atoms with Gasteiger partial charge in [0.15, 0.2) is 0 Å². The van der Waals surface area contributed by atoms with Gasteiger partial charge in [0.05, 0.1) is 5.41 Å². The summed E-state index contributed by atoms with van der Waals surface area (Å²) in [5.74, 6) is -0.0860. The second-order valence-corrected chi connectivity index (χ2v) is 6.70. The Morgan fingerprint density at radius 3 is 2.45 bits per heavy atom. The number of nitrogens with one attached hydrogen (secondary N) is 1. The van der Waals surface area contributed by atoms with Gasteiger partial charge >= 0.3 is 5.97 Å². The zero-order valence-electron chi connectivity index (χ0n) is 13.0. The summed E-state index contributed by atoms with van der Waals surface area (Å²) in [4.78, 5) is 12.8. The second-order valence-electron chi connectivity index (χ2n) is 6.70. The van der Waals surface area contributed by atoms with Crippen LogP contribution in [-0.4, -0.2) is 24.7 Å². The molecule has 1 aliphatic heterocycles. The molecule has 0 spiro atoms. The molecule has 1 aromatic rings. The van der Waals surface area contributed by atoms with Crippen molar-refractivity contribution in [1.29, 1.82) is 0 Å². The highest BCUT2D eigenvalue weighted by atomic mass is 16.6. The first-order valence-corrected chi connectivity index (χ1v) is 7.35. The van der Waals surface area contributed by atoms with E-state index in [2.05, 4.69) is 30.4 Å². The Hall–Kier alpha value is -1.35. The van der Waals surface area contributed by atoms with Crippen molar-refractivity contribution in [2.75, 3.05) is 13.1 Å². The zero-order chi connectivity index (χ0) is 14.8. The number of hydrogen-bond donors (Lipinski definition) is 1. The van der Waals surface area contributed by atoms with Gasteiger partial charge in [-0.1, -0.05) is 29.8 Å². The number of esters is 1. The van der Waals surface area contributed by atoms with Crippen LogP contribution in [0.25, 0.3) is 0 Å². The van der Waals surface area contributed by atoms with Crippen molar-refractivity contribution in [3.05, 3.63) is 35.4 Å². The number of aryl methyl sites for hydroxylation is 1. The molecule has 3 nitrogen and oxygen atoms in total. The van der Waals surface area contributed by atoms with Gasteiger partial charge in [0.25, 0.3) is 0 Å². The van der Waals surface area contributed by atoms with Crippen molar-refractivity contribution in [1.82, 2.24) is 5.32 Å². The number of hydrogen-bond acceptors (Lipinski definition) is 3. The molecule has 1 N–H and O–H groups in total. The summed E-state index contributed by atoms with van der Waals surface area (Å²) in [7, 11) is 0. The van der Waals surface area contributed by atoms with Gasteiger partial charge in [-0.25, -0.2) is 0 Å². The maximum absolute atomic E-state index is 12.8. The molecule has 3 heteroatoms. The summed E-state index contributed by atoms with van der Waals surface area (Å²) < 4.78 is 5.71. The molecule has 0 atom stereocenters. The van der Waals surface area contributed by atoms with E-state index in [0.717, 1.165) is 31.5 Å². The molecule has 110 valence electrons. The van der Waals surface area contributed by atoms with Crippen molar-refractivity contribution in [2.24, 2.45) is 0 Å². The molecule has 1 aliphatic rings. The highest BCUT2D eigenvalue weighted by molar-refractivity contribution is 5.84. The van der Waals surface area contributed by atoms with Crippen molar-refractivity contribution in [2.45, 2.75) is 51.6 Å². The van der Waals surface area contributed by atoms with Crippen LogP contribution in [0.2, 0.25) is 0 Å². The van der Waals surface area contributed by atoms with E-state index in [0.29, 0.717) is 0 Å². The van der Waals surface area contributed by atoms with Crippen LogP contribution < -0.4 is 5.32 Å². The lowest BCUT2D eigenvalue weighted by Crippen LogP contribution is -2.48. The molecule has 0 unspecified atom stereocenters. The summed E-state index contributed by atoms with van der Waals surface area (Å²) in [5.41, 5.74) is 1.33. The quantitative estimate of drug-likeness (QED) is 0.843. The third kappa shape index (κ3) is 3.21. The number of rotatable bonds is 2. The summed E-state index contributed by atoms with van der Waals surface area (Å²) in [6, 6.07) is 8.27. The smallest absolute Gasteiger partial charge is 0.317 e. The van der Waals surface area contributed by atoms with Crippen LogP contribution in [0.15, 0.2) is 24.3 Å². The number of benzene rings is 1. The molecule has 0 saturated carbocycles. The number of ether oxygens (including phenoxy) is 1. The van der Waals surface area contributed by atoms with Gasteiger partial charge in [0.1, 0.15) is 5.60 Å². The maximum atomic E-state index is 12.8. The number of carbonyl (C=O) groups excluding carboxylic acids is 1. The summed E-state index contributed by atoms with van der Waals surface area (Å²) >= 11 is 0. The molecule has 2 rings (SSSR count). The normalized spacial score (nSPS) is 18.6. The number of carbonyl (C=O) groups is 1. The Bertz CT molecular complexity index is 482. The molecule has 0 bridgehead atoms. The molecule has 0 aromatic heterocycles. The lowest BCUT2D eigenvalue weighted by Gasteiger charge is -2.38. The molecule has 1 heterocycles. The van der Waals surface area contributed by atoms with E-state index >= 15 is 0 Å². The Morgan fingerprint density at radius 1 is 1.25 bits per heavy atom. The van der Waals surface area contributed by atoms with Gasteiger partial charge in [-0.05, 0) is 59.2 Å². The Kier molecular flexibility index (Phi) is 4.19. The van der Waals surface area contributed by atoms with E-state index in [4.69, 9.17) is 4.74 Å². The average molecular weight is 275 g/mol. The molecular formula is C17H25NO2. The van der Waals surface area contributed by atoms with Crippen molar-refractivity contribution in [3.8, 4) is 0 Å². The van der Waals surface area contributed by atoms with Gasteiger partial charge in [-0.15, -0.1) is 0 Å². The van der Waals surface area contributed by atoms with E-state index in [-0.39, 0.29) is 5.97 Å². The third-order valence-corrected chi connectivity index (χ3v) is 3.82. The van der Waals surface area contributed by atoms with Crippen LogP contribution in [-0.2, 0) is 14.9 Å². The molecule has 1 fully saturated rings. The van der Waals surface area contributed by atoms with E-state index in [1.807, 2.05) is 26.8 Å². The van der Waals surface area contributed by atoms with Crippen LogP contribution in [0.1, 0.15) is 44.7 Å². The van der Waals surface area contributed by atoms with Crippen LogP contribution in [0.3, 0.4) is 0 Å². The van der Waals surface area contributed by atoms with Crippen LogP contribution in [0.4, 0.5) is 0 Å². The minimum atomic E-state index is -0.495. The van der Waals surface area contributed by atoms with E-state index < -0.39 is 11.0 Å². The molecule has 1 saturated heterocycles. The minimum Gasteiger partial charge on any atom is -0.459 e. The minimum absolute atomic E-state index is 0.0860. The summed E-state index contributed by atoms with van der Waals surface area (Å²) in [6.45, 7) is 9.55. The molecule has 1 aromatic carbocycles. The first-order chi connectivity index (χ1) is 9.33. The van der Waals surface area contributed by atoms with Crippen molar-refractivity contribution in [3.63, 3.8) is 0 Å². The first kappa shape index (κ1) is 15.0. The van der Waals surface area contributed by atoms with Gasteiger partial charge in [-0.2, -0.15) is 0 Å². The monoisotopic (exact) mass is 275 g/mol. The zero-order valence-corrected chi connectivity index (χ0v) is 13.0. The van der Waals surface area contributed by atoms with Gasteiger partial charge in [0, 0.05) is 0 Å². The Morgan fingerprint density at radius 2 is 1.90 bits per heavy atom. The molecule has 0 amide bonds. The highest BCUT2D eigenvalue weighted by Gasteiger charge is 2.44. The molecule has 0 aliphatic carbocycles. The lowest BCUT2D eigenvalue weighted by molar-refractivity contribution is -0.163. The summed E-state index contributed by atoms with van der Waals surface area (Å²) in [5, 5.41) is 3.33. The number of piperidine rings is 1. The third-order valence-electron chi connectivity index (χ3n) is 3.82. The Labute approximate surface area is 121 Å². The van der Waals surface area contributed by atoms with Gasteiger partial charge in [-0.3, -0.25) is 4.79 Å². The van der Waals surface area contributed by atoms with Crippen LogP contribution in [0, 0.1) is 6.92 Å². The predicted octanol–water partition coefficient (Wildman–Crippen LogP) is 2.96. The van der Waals surface area contributed by atoms with E-state index in [9.17, 15) is 4.79 Å². The predicted molar refractivity (Wildman–Crippen MR) is 80.8 cm³/mol. The largest absolute Gasteiger partial charge is 0.459 e. The highest BCUT2D eigenvalue weighted by Crippen LogP contribution is 2.36. The fraction of sp³-hybridized carbons (Fsp3) is 0.588. The first-order valence-electron chi connectivity index (χ1n) is 7.35. The van der Waals surface area contributed by atoms with E-state index in [1.54, 1.807) is 0 Å². The SMILES string of the molecule is Cc1cccc(C2(C(=O)OC(C)(C)C)CCNCC2)c1. The molecule has 0 radical (unpaired) electrons. The summed E-state index contributed by atoms with van der Waals surface area (Å²) in [6.07, 6.45) is 1.59. The lowest BCUT2D eigenvalue weighted by atomic mass is 9.72. The topological polar surface area (TPSA) is 38.3 Å². The van der Waals surface area contributed by atoms with Gasteiger partial charge < -0.3 is 10.1 Å². The Balaban J connectivity index is 2.37. The van der Waals surface area contributed by atoms with Gasteiger partial charge in [0.2, 0.25) is 0 Å².